The smallest absolute Gasteiger partial charge is 0.282 e. The number of carbonyl (C=O) groups is 1. The molecule has 3 aromatic carbocycles. The van der Waals surface area contributed by atoms with Crippen LogP contribution >= 0.6 is 15.9 Å². The largest absolute Gasteiger partial charge is 0.483 e. The van der Waals surface area contributed by atoms with Gasteiger partial charge in [-0.25, -0.2) is 4.98 Å². The average Bonchev–Trinajstić information content (AvgIpc) is 2.92. The number of fused-ring (bicyclic) bond motifs is 1. The summed E-state index contributed by atoms with van der Waals surface area (Å²) in [4.78, 5) is 41.3. The third-order valence-corrected chi connectivity index (χ3v) is 6.33. The number of nitrogens with one attached hydrogen (secondary N) is 1. The Morgan fingerprint density at radius 2 is 1.95 bits per heavy atom. The number of amides is 1. The van der Waals surface area contributed by atoms with E-state index < -0.39 is 10.8 Å². The first-order valence-electron chi connectivity index (χ1n) is 12.3. The van der Waals surface area contributed by atoms with Crippen molar-refractivity contribution in [3.63, 3.8) is 0 Å². The normalized spacial score (nSPS) is 11.2. The predicted octanol–water partition coefficient (Wildman–Crippen LogP) is 5.62. The lowest BCUT2D eigenvalue weighted by Gasteiger charge is -2.11. The molecule has 0 aliphatic rings. The minimum atomic E-state index is -0.542. The molecule has 0 atom stereocenters. The summed E-state index contributed by atoms with van der Waals surface area (Å²) in [6.07, 6.45) is 3.52. The third kappa shape index (κ3) is 6.94. The van der Waals surface area contributed by atoms with Gasteiger partial charge < -0.3 is 10.1 Å². The summed E-state index contributed by atoms with van der Waals surface area (Å²) in [5, 5.41) is 18.9. The Morgan fingerprint density at radius 3 is 2.67 bits per heavy atom. The van der Waals surface area contributed by atoms with Crippen LogP contribution in [0.15, 0.2) is 75.0 Å². The van der Waals surface area contributed by atoms with E-state index in [0.717, 1.165) is 22.9 Å². The number of rotatable bonds is 10. The molecule has 1 heterocycles. The molecule has 0 spiro atoms. The van der Waals surface area contributed by atoms with Crippen LogP contribution in [0, 0.1) is 17.0 Å². The topological polar surface area (TPSA) is 129 Å². The van der Waals surface area contributed by atoms with Crippen LogP contribution in [0.25, 0.3) is 10.9 Å². The zero-order valence-corrected chi connectivity index (χ0v) is 23.0. The van der Waals surface area contributed by atoms with Gasteiger partial charge in [-0.3, -0.25) is 19.7 Å². The molecule has 0 fully saturated rings. The SMILES string of the molecule is CCCCc1nc2ccc(Br)cc2c(=O)n1N=Cc1cc([N+](=O)[O-])ccc1OCC(=O)Nc1ccc(C)cc1. The van der Waals surface area contributed by atoms with E-state index in [-0.39, 0.29) is 29.2 Å². The van der Waals surface area contributed by atoms with Crippen molar-refractivity contribution in [1.82, 2.24) is 9.66 Å². The summed E-state index contributed by atoms with van der Waals surface area (Å²) < 4.78 is 7.63. The highest BCUT2D eigenvalue weighted by molar-refractivity contribution is 9.10. The lowest BCUT2D eigenvalue weighted by atomic mass is 10.2. The molecule has 39 heavy (non-hydrogen) atoms. The molecule has 0 radical (unpaired) electrons. The van der Waals surface area contributed by atoms with Crippen molar-refractivity contribution in [2.24, 2.45) is 5.10 Å². The Bertz CT molecular complexity index is 1620. The molecule has 0 unspecified atom stereocenters. The van der Waals surface area contributed by atoms with Crippen LogP contribution in [-0.2, 0) is 11.2 Å². The molecule has 200 valence electrons. The van der Waals surface area contributed by atoms with Crippen molar-refractivity contribution in [2.75, 3.05) is 11.9 Å². The van der Waals surface area contributed by atoms with Gasteiger partial charge in [0.1, 0.15) is 11.6 Å². The standard InChI is InChI=1S/C28H26BrN5O5/c1-3-4-5-26-32-24-12-8-20(29)15-23(24)28(36)33(26)30-16-19-14-22(34(37)38)11-13-25(19)39-17-27(35)31-21-9-6-18(2)7-10-21/h6-16H,3-5,17H2,1-2H3,(H,31,35). The van der Waals surface area contributed by atoms with Gasteiger partial charge in [-0.15, -0.1) is 0 Å². The van der Waals surface area contributed by atoms with E-state index >= 15 is 0 Å². The van der Waals surface area contributed by atoms with Gasteiger partial charge in [0.05, 0.1) is 22.0 Å². The number of anilines is 1. The number of nitro groups is 1. The number of unbranched alkanes of at least 4 members (excludes halogenated alkanes) is 1. The molecule has 1 amide bonds. The van der Waals surface area contributed by atoms with Crippen LogP contribution in [0.3, 0.4) is 0 Å². The maximum atomic E-state index is 13.4. The Kier molecular flexibility index (Phi) is 8.82. The number of aromatic nitrogens is 2. The number of hydrogen-bond donors (Lipinski definition) is 1. The van der Waals surface area contributed by atoms with E-state index in [1.165, 1.54) is 29.1 Å². The maximum absolute atomic E-state index is 13.4. The number of hydrogen-bond acceptors (Lipinski definition) is 7. The fraction of sp³-hybridized carbons (Fsp3) is 0.214. The summed E-state index contributed by atoms with van der Waals surface area (Å²) >= 11 is 3.38. The Morgan fingerprint density at radius 1 is 1.18 bits per heavy atom. The van der Waals surface area contributed by atoms with Crippen molar-refractivity contribution in [1.29, 1.82) is 0 Å². The van der Waals surface area contributed by atoms with Crippen LogP contribution < -0.4 is 15.6 Å². The predicted molar refractivity (Wildman–Crippen MR) is 154 cm³/mol. The fourth-order valence-electron chi connectivity index (χ4n) is 3.79. The number of nitro benzene ring substituents is 1. The highest BCUT2D eigenvalue weighted by Crippen LogP contribution is 2.23. The zero-order valence-electron chi connectivity index (χ0n) is 21.4. The number of carbonyl (C=O) groups excluding carboxylic acids is 1. The van der Waals surface area contributed by atoms with Crippen molar-refractivity contribution in [3.8, 4) is 5.75 Å². The summed E-state index contributed by atoms with van der Waals surface area (Å²) in [6, 6.07) is 16.5. The van der Waals surface area contributed by atoms with E-state index in [1.807, 2.05) is 32.0 Å². The molecule has 0 saturated carbocycles. The van der Waals surface area contributed by atoms with Crippen LogP contribution in [0.1, 0.15) is 36.7 Å². The first-order chi connectivity index (χ1) is 18.7. The highest BCUT2D eigenvalue weighted by atomic mass is 79.9. The summed E-state index contributed by atoms with van der Waals surface area (Å²) in [6.45, 7) is 3.64. The molecular formula is C28H26BrN5O5. The van der Waals surface area contributed by atoms with Gasteiger partial charge in [0.25, 0.3) is 17.2 Å². The lowest BCUT2D eigenvalue weighted by Crippen LogP contribution is -2.23. The van der Waals surface area contributed by atoms with Crippen LogP contribution in [-0.4, -0.2) is 33.3 Å². The first kappa shape index (κ1) is 27.6. The molecule has 0 bridgehead atoms. The van der Waals surface area contributed by atoms with Gasteiger partial charge >= 0.3 is 0 Å². The Hall–Kier alpha value is -4.38. The molecule has 1 aromatic heterocycles. The van der Waals surface area contributed by atoms with Crippen molar-refractivity contribution in [2.45, 2.75) is 33.1 Å². The second-order valence-corrected chi connectivity index (χ2v) is 9.75. The van der Waals surface area contributed by atoms with Gasteiger partial charge in [0.2, 0.25) is 0 Å². The van der Waals surface area contributed by atoms with Crippen LogP contribution in [0.2, 0.25) is 0 Å². The molecule has 0 aliphatic heterocycles. The summed E-state index contributed by atoms with van der Waals surface area (Å²) in [5.41, 5.74) is 1.91. The van der Waals surface area contributed by atoms with Gasteiger partial charge in [-0.2, -0.15) is 9.78 Å². The summed E-state index contributed by atoms with van der Waals surface area (Å²) in [7, 11) is 0. The first-order valence-corrected chi connectivity index (χ1v) is 13.1. The number of nitrogens with zero attached hydrogens (tertiary/aromatic N) is 4. The zero-order chi connectivity index (χ0) is 27.9. The number of non-ortho nitro benzene ring substituents is 1. The van der Waals surface area contributed by atoms with E-state index in [0.29, 0.717) is 28.8 Å². The minimum absolute atomic E-state index is 0.188. The van der Waals surface area contributed by atoms with E-state index in [4.69, 9.17) is 4.74 Å². The molecule has 0 saturated heterocycles. The monoisotopic (exact) mass is 591 g/mol. The molecule has 4 aromatic rings. The van der Waals surface area contributed by atoms with Gasteiger partial charge in [0.15, 0.2) is 6.61 Å². The lowest BCUT2D eigenvalue weighted by molar-refractivity contribution is -0.384. The number of aryl methyl sites for hydroxylation is 2. The molecule has 1 N–H and O–H groups in total. The molecule has 10 nitrogen and oxygen atoms in total. The minimum Gasteiger partial charge on any atom is -0.483 e. The fourth-order valence-corrected chi connectivity index (χ4v) is 4.15. The molecule has 0 aliphatic carbocycles. The molecule has 11 heteroatoms. The van der Waals surface area contributed by atoms with E-state index in [1.54, 1.807) is 24.3 Å². The second-order valence-electron chi connectivity index (χ2n) is 8.84. The summed E-state index contributed by atoms with van der Waals surface area (Å²) in [5.74, 6) is 0.267. The van der Waals surface area contributed by atoms with Crippen LogP contribution in [0.5, 0.6) is 5.75 Å². The molecule has 4 rings (SSSR count). The Labute approximate surface area is 232 Å². The van der Waals surface area contributed by atoms with Gasteiger partial charge in [-0.05, 0) is 49.7 Å². The van der Waals surface area contributed by atoms with Gasteiger partial charge in [0, 0.05) is 34.3 Å². The third-order valence-electron chi connectivity index (χ3n) is 5.84. The quantitative estimate of drug-likeness (QED) is 0.145. The van der Waals surface area contributed by atoms with Crippen molar-refractivity contribution < 1.29 is 14.5 Å². The Balaban J connectivity index is 1.66. The van der Waals surface area contributed by atoms with Crippen molar-refractivity contribution in [3.05, 3.63) is 103 Å². The second kappa shape index (κ2) is 12.4. The van der Waals surface area contributed by atoms with Crippen molar-refractivity contribution >= 4 is 50.3 Å². The average molecular weight is 592 g/mol. The van der Waals surface area contributed by atoms with E-state index in [2.05, 4.69) is 31.3 Å². The van der Waals surface area contributed by atoms with Gasteiger partial charge in [-0.1, -0.05) is 47.0 Å². The number of benzene rings is 3. The number of ether oxygens (including phenoxy) is 1. The van der Waals surface area contributed by atoms with E-state index in [9.17, 15) is 19.7 Å². The van der Waals surface area contributed by atoms with Crippen LogP contribution in [0.4, 0.5) is 11.4 Å². The maximum Gasteiger partial charge on any atom is 0.282 e. The number of halogens is 1. The molecular weight excluding hydrogens is 566 g/mol. The highest BCUT2D eigenvalue weighted by Gasteiger charge is 2.14.